The van der Waals surface area contributed by atoms with Crippen molar-refractivity contribution in [2.24, 2.45) is 5.92 Å². The SMILES string of the molecule is CSc1nnc(CCCNC(=O)NC(C)C)n1CC(C)C. The lowest BCUT2D eigenvalue weighted by molar-refractivity contribution is 0.238. The monoisotopic (exact) mass is 313 g/mol. The first-order valence-electron chi connectivity index (χ1n) is 7.44. The topological polar surface area (TPSA) is 71.8 Å². The smallest absolute Gasteiger partial charge is 0.314 e. The second kappa shape index (κ2) is 8.92. The molecule has 0 atom stereocenters. The van der Waals surface area contributed by atoms with Crippen LogP contribution in [-0.4, -0.2) is 39.6 Å². The average Bonchev–Trinajstić information content (AvgIpc) is 2.75. The number of nitrogens with one attached hydrogen (secondary N) is 2. The van der Waals surface area contributed by atoms with Gasteiger partial charge < -0.3 is 15.2 Å². The van der Waals surface area contributed by atoms with Crippen molar-refractivity contribution in [3.8, 4) is 0 Å². The van der Waals surface area contributed by atoms with Gasteiger partial charge in [-0.3, -0.25) is 0 Å². The zero-order valence-electron chi connectivity index (χ0n) is 13.6. The summed E-state index contributed by atoms with van der Waals surface area (Å²) in [5, 5.41) is 15.1. The molecule has 0 aliphatic carbocycles. The molecule has 0 saturated heterocycles. The van der Waals surface area contributed by atoms with Gasteiger partial charge in [-0.05, 0) is 32.4 Å². The van der Waals surface area contributed by atoms with Gasteiger partial charge in [0, 0.05) is 25.6 Å². The molecule has 1 rings (SSSR count). The molecular weight excluding hydrogens is 286 g/mol. The number of aryl methyl sites for hydroxylation is 1. The van der Waals surface area contributed by atoms with Gasteiger partial charge in [-0.15, -0.1) is 10.2 Å². The summed E-state index contributed by atoms with van der Waals surface area (Å²) in [5.41, 5.74) is 0. The Morgan fingerprint density at radius 3 is 2.57 bits per heavy atom. The third-order valence-electron chi connectivity index (χ3n) is 2.81. The zero-order chi connectivity index (χ0) is 15.8. The molecule has 1 heterocycles. The van der Waals surface area contributed by atoms with Crippen molar-refractivity contribution in [3.63, 3.8) is 0 Å². The van der Waals surface area contributed by atoms with E-state index in [1.54, 1.807) is 11.8 Å². The fraction of sp³-hybridized carbons (Fsp3) is 0.786. The van der Waals surface area contributed by atoms with Crippen LogP contribution in [0.4, 0.5) is 4.79 Å². The molecule has 6 nitrogen and oxygen atoms in total. The number of rotatable bonds is 8. The maximum Gasteiger partial charge on any atom is 0.314 e. The zero-order valence-corrected chi connectivity index (χ0v) is 14.5. The van der Waals surface area contributed by atoms with E-state index < -0.39 is 0 Å². The summed E-state index contributed by atoms with van der Waals surface area (Å²) in [6, 6.07) is 0.0433. The molecule has 1 aromatic heterocycles. The molecule has 0 spiro atoms. The van der Waals surface area contributed by atoms with E-state index >= 15 is 0 Å². The fourth-order valence-corrected chi connectivity index (χ4v) is 2.49. The van der Waals surface area contributed by atoms with Gasteiger partial charge in [-0.25, -0.2) is 4.79 Å². The predicted octanol–water partition coefficient (Wildman–Crippen LogP) is 2.30. The molecule has 0 aliphatic heterocycles. The highest BCUT2D eigenvalue weighted by molar-refractivity contribution is 7.98. The van der Waals surface area contributed by atoms with Crippen LogP contribution in [0.25, 0.3) is 0 Å². The van der Waals surface area contributed by atoms with Crippen LogP contribution in [-0.2, 0) is 13.0 Å². The molecule has 0 fully saturated rings. The number of hydrogen-bond donors (Lipinski definition) is 2. The van der Waals surface area contributed by atoms with Crippen LogP contribution < -0.4 is 10.6 Å². The van der Waals surface area contributed by atoms with Gasteiger partial charge >= 0.3 is 6.03 Å². The van der Waals surface area contributed by atoms with Gasteiger partial charge in [-0.1, -0.05) is 25.6 Å². The quantitative estimate of drug-likeness (QED) is 0.570. The lowest BCUT2D eigenvalue weighted by atomic mass is 10.2. The van der Waals surface area contributed by atoms with Crippen molar-refractivity contribution < 1.29 is 4.79 Å². The molecule has 2 N–H and O–H groups in total. The molecule has 1 aromatic rings. The molecule has 0 bridgehead atoms. The van der Waals surface area contributed by atoms with E-state index in [0.717, 1.165) is 30.4 Å². The van der Waals surface area contributed by atoms with E-state index in [4.69, 9.17) is 0 Å². The van der Waals surface area contributed by atoms with Crippen LogP contribution in [0.2, 0.25) is 0 Å². The number of carbonyl (C=O) groups is 1. The molecule has 0 saturated carbocycles. The Labute approximate surface area is 131 Å². The van der Waals surface area contributed by atoms with Gasteiger partial charge in [0.05, 0.1) is 0 Å². The molecular formula is C14H27N5OS. The Kier molecular flexibility index (Phi) is 7.56. The first-order valence-corrected chi connectivity index (χ1v) is 8.67. The average molecular weight is 313 g/mol. The predicted molar refractivity (Wildman–Crippen MR) is 86.6 cm³/mol. The van der Waals surface area contributed by atoms with Gasteiger partial charge in [-0.2, -0.15) is 0 Å². The molecule has 2 amide bonds. The molecule has 0 unspecified atom stereocenters. The molecule has 7 heteroatoms. The Morgan fingerprint density at radius 1 is 1.29 bits per heavy atom. The van der Waals surface area contributed by atoms with Crippen molar-refractivity contribution >= 4 is 17.8 Å². The van der Waals surface area contributed by atoms with E-state index in [2.05, 4.69) is 39.2 Å². The van der Waals surface area contributed by atoms with Crippen LogP contribution in [0.5, 0.6) is 0 Å². The van der Waals surface area contributed by atoms with Crippen LogP contribution in [0.15, 0.2) is 5.16 Å². The third-order valence-corrected chi connectivity index (χ3v) is 3.47. The Balaban J connectivity index is 2.44. The summed E-state index contributed by atoms with van der Waals surface area (Å²) < 4.78 is 2.18. The van der Waals surface area contributed by atoms with E-state index in [9.17, 15) is 4.79 Å². The van der Waals surface area contributed by atoms with Crippen molar-refractivity contribution in [2.75, 3.05) is 12.8 Å². The minimum absolute atomic E-state index is 0.113. The highest BCUT2D eigenvalue weighted by Crippen LogP contribution is 2.16. The fourth-order valence-electron chi connectivity index (χ4n) is 1.97. The molecule has 21 heavy (non-hydrogen) atoms. The maximum absolute atomic E-state index is 11.5. The summed E-state index contributed by atoms with van der Waals surface area (Å²) in [4.78, 5) is 11.5. The number of aromatic nitrogens is 3. The van der Waals surface area contributed by atoms with E-state index in [0.29, 0.717) is 12.5 Å². The summed E-state index contributed by atoms with van der Waals surface area (Å²) in [6.07, 6.45) is 3.70. The Bertz CT molecular complexity index is 445. The number of carbonyl (C=O) groups excluding carboxylic acids is 1. The lowest BCUT2D eigenvalue weighted by Crippen LogP contribution is -2.39. The van der Waals surface area contributed by atoms with Crippen molar-refractivity contribution in [3.05, 3.63) is 5.82 Å². The number of amides is 2. The van der Waals surface area contributed by atoms with Crippen molar-refractivity contribution in [1.82, 2.24) is 25.4 Å². The number of urea groups is 1. The first kappa shape index (κ1) is 17.8. The van der Waals surface area contributed by atoms with E-state index in [1.165, 1.54) is 0 Å². The Hall–Kier alpha value is -1.24. The lowest BCUT2D eigenvalue weighted by Gasteiger charge is -2.12. The highest BCUT2D eigenvalue weighted by Gasteiger charge is 2.12. The minimum Gasteiger partial charge on any atom is -0.338 e. The normalized spacial score (nSPS) is 11.2. The second-order valence-corrected chi connectivity index (χ2v) is 6.54. The maximum atomic E-state index is 11.5. The second-order valence-electron chi connectivity index (χ2n) is 5.77. The van der Waals surface area contributed by atoms with Crippen molar-refractivity contribution in [2.45, 2.75) is 58.3 Å². The Morgan fingerprint density at radius 2 is 2.00 bits per heavy atom. The summed E-state index contributed by atoms with van der Waals surface area (Å²) in [5.74, 6) is 1.56. The standard InChI is InChI=1S/C14H27N5OS/c1-10(2)9-19-12(17-18-14(19)21-5)7-6-8-15-13(20)16-11(3)4/h10-11H,6-9H2,1-5H3,(H2,15,16,20). The van der Waals surface area contributed by atoms with Gasteiger partial charge in [0.15, 0.2) is 5.16 Å². The van der Waals surface area contributed by atoms with Crippen LogP contribution in [0.1, 0.15) is 39.9 Å². The first-order chi connectivity index (χ1) is 9.93. The molecule has 0 aliphatic rings. The molecule has 0 radical (unpaired) electrons. The number of thioether (sulfide) groups is 1. The molecule has 120 valence electrons. The van der Waals surface area contributed by atoms with E-state index in [-0.39, 0.29) is 12.1 Å². The third kappa shape index (κ3) is 6.37. The van der Waals surface area contributed by atoms with Gasteiger partial charge in [0.1, 0.15) is 5.82 Å². The minimum atomic E-state index is -0.113. The van der Waals surface area contributed by atoms with Crippen LogP contribution in [0, 0.1) is 5.92 Å². The number of hydrogen-bond acceptors (Lipinski definition) is 4. The van der Waals surface area contributed by atoms with E-state index in [1.807, 2.05) is 20.1 Å². The van der Waals surface area contributed by atoms with Crippen LogP contribution >= 0.6 is 11.8 Å². The highest BCUT2D eigenvalue weighted by atomic mass is 32.2. The van der Waals surface area contributed by atoms with Gasteiger partial charge in [0.2, 0.25) is 0 Å². The summed E-state index contributed by atoms with van der Waals surface area (Å²) in [7, 11) is 0. The van der Waals surface area contributed by atoms with Gasteiger partial charge in [0.25, 0.3) is 0 Å². The number of nitrogens with zero attached hydrogens (tertiary/aromatic N) is 3. The van der Waals surface area contributed by atoms with Crippen molar-refractivity contribution in [1.29, 1.82) is 0 Å². The van der Waals surface area contributed by atoms with Crippen LogP contribution in [0.3, 0.4) is 0 Å². The summed E-state index contributed by atoms with van der Waals surface area (Å²) in [6.45, 7) is 9.83. The summed E-state index contributed by atoms with van der Waals surface area (Å²) >= 11 is 1.62. The molecule has 0 aromatic carbocycles. The largest absolute Gasteiger partial charge is 0.338 e.